The van der Waals surface area contributed by atoms with E-state index >= 15 is 0 Å². The first-order valence-electron chi connectivity index (χ1n) is 9.34. The maximum atomic E-state index is 4.64. The molecule has 28 heavy (non-hydrogen) atoms. The van der Waals surface area contributed by atoms with Crippen molar-refractivity contribution in [3.8, 4) is 0 Å². The number of halogens is 1. The van der Waals surface area contributed by atoms with Crippen molar-refractivity contribution < 1.29 is 0 Å². The maximum Gasteiger partial charge on any atom is 0.193 e. The van der Waals surface area contributed by atoms with Crippen molar-refractivity contribution in [1.29, 1.82) is 0 Å². The summed E-state index contributed by atoms with van der Waals surface area (Å²) < 4.78 is 3.93. The number of imidazole rings is 1. The summed E-state index contributed by atoms with van der Waals surface area (Å²) in [6, 6.07) is 6.03. The Kier molecular flexibility index (Phi) is 7.85. The highest BCUT2D eigenvalue weighted by molar-refractivity contribution is 14.0. The summed E-state index contributed by atoms with van der Waals surface area (Å²) in [5.41, 5.74) is 4.43. The van der Waals surface area contributed by atoms with Gasteiger partial charge in [0.1, 0.15) is 5.65 Å². The number of nitrogens with one attached hydrogen (secondary N) is 1. The third-order valence-electron chi connectivity index (χ3n) is 4.54. The van der Waals surface area contributed by atoms with Gasteiger partial charge in [-0.15, -0.1) is 24.0 Å². The van der Waals surface area contributed by atoms with Gasteiger partial charge in [-0.05, 0) is 18.1 Å². The molecule has 3 rings (SSSR count). The Labute approximate surface area is 183 Å². The van der Waals surface area contributed by atoms with E-state index in [0.29, 0.717) is 5.92 Å². The Morgan fingerprint density at radius 1 is 1.29 bits per heavy atom. The van der Waals surface area contributed by atoms with Crippen molar-refractivity contribution in [3.05, 3.63) is 53.7 Å². The fourth-order valence-electron chi connectivity index (χ4n) is 3.29. The Morgan fingerprint density at radius 3 is 2.75 bits per heavy atom. The first-order valence-corrected chi connectivity index (χ1v) is 9.34. The molecule has 3 aromatic heterocycles. The van der Waals surface area contributed by atoms with Gasteiger partial charge < -0.3 is 14.6 Å². The number of rotatable bonds is 6. The van der Waals surface area contributed by atoms with E-state index in [4.69, 9.17) is 0 Å². The lowest BCUT2D eigenvalue weighted by molar-refractivity contribution is 0.473. The number of hydrogen-bond acceptors (Lipinski definition) is 3. The molecular weight excluding hydrogens is 465 g/mol. The standard InChI is InChI=1S/C20H29N7.HI/c1-15(2)19-16(13-26(5)24-19)12-25(4)20(21-3)22-10-9-17-14-27-11-7-6-8-18(27)23-17;/h6-8,11,13-15H,9-10,12H2,1-5H3,(H,21,22);1H. The SMILES string of the molecule is CN=C(NCCc1cn2ccccc2n1)N(C)Cc1cn(C)nc1C(C)C.I. The summed E-state index contributed by atoms with van der Waals surface area (Å²) in [5, 5.41) is 8.03. The van der Waals surface area contributed by atoms with Crippen LogP contribution in [-0.4, -0.2) is 50.7 Å². The van der Waals surface area contributed by atoms with Gasteiger partial charge in [-0.3, -0.25) is 9.67 Å². The van der Waals surface area contributed by atoms with Crippen molar-refractivity contribution in [1.82, 2.24) is 29.4 Å². The molecule has 0 aliphatic heterocycles. The predicted octanol–water partition coefficient (Wildman–Crippen LogP) is 3.06. The molecule has 3 heterocycles. The molecule has 0 spiro atoms. The first-order chi connectivity index (χ1) is 13.0. The highest BCUT2D eigenvalue weighted by Crippen LogP contribution is 2.18. The van der Waals surface area contributed by atoms with Gasteiger partial charge in [0, 0.05) is 64.8 Å². The third kappa shape index (κ3) is 5.24. The number of fused-ring (bicyclic) bond motifs is 1. The average molecular weight is 495 g/mol. The van der Waals surface area contributed by atoms with E-state index < -0.39 is 0 Å². The van der Waals surface area contributed by atoms with E-state index in [1.165, 1.54) is 5.56 Å². The molecule has 0 radical (unpaired) electrons. The van der Waals surface area contributed by atoms with Crippen LogP contribution >= 0.6 is 24.0 Å². The summed E-state index contributed by atoms with van der Waals surface area (Å²) in [6.45, 7) is 5.90. The molecular formula is C20H30IN7. The van der Waals surface area contributed by atoms with Crippen molar-refractivity contribution >= 4 is 35.6 Å². The molecule has 0 atom stereocenters. The monoisotopic (exact) mass is 495 g/mol. The summed E-state index contributed by atoms with van der Waals surface area (Å²) >= 11 is 0. The zero-order valence-electron chi connectivity index (χ0n) is 17.3. The number of aromatic nitrogens is 4. The van der Waals surface area contributed by atoms with Crippen LogP contribution in [0.5, 0.6) is 0 Å². The molecule has 3 aromatic rings. The second-order valence-corrected chi connectivity index (χ2v) is 7.15. The smallest absolute Gasteiger partial charge is 0.193 e. The highest BCUT2D eigenvalue weighted by Gasteiger charge is 2.15. The third-order valence-corrected chi connectivity index (χ3v) is 4.54. The van der Waals surface area contributed by atoms with Gasteiger partial charge in [-0.2, -0.15) is 5.10 Å². The molecule has 8 heteroatoms. The highest BCUT2D eigenvalue weighted by atomic mass is 127. The number of aryl methyl sites for hydroxylation is 1. The van der Waals surface area contributed by atoms with Gasteiger partial charge in [0.05, 0.1) is 11.4 Å². The van der Waals surface area contributed by atoms with Gasteiger partial charge in [0.25, 0.3) is 0 Å². The molecule has 0 saturated heterocycles. The molecule has 0 aliphatic rings. The molecule has 152 valence electrons. The van der Waals surface area contributed by atoms with Crippen LogP contribution < -0.4 is 5.32 Å². The van der Waals surface area contributed by atoms with E-state index in [0.717, 1.165) is 42.5 Å². The predicted molar refractivity (Wildman–Crippen MR) is 124 cm³/mol. The van der Waals surface area contributed by atoms with Crippen molar-refractivity contribution in [2.45, 2.75) is 32.7 Å². The van der Waals surface area contributed by atoms with Crippen LogP contribution in [0.2, 0.25) is 0 Å². The minimum Gasteiger partial charge on any atom is -0.356 e. The lowest BCUT2D eigenvalue weighted by Crippen LogP contribution is -2.39. The van der Waals surface area contributed by atoms with Crippen LogP contribution in [0.15, 0.2) is 41.8 Å². The molecule has 0 bridgehead atoms. The fraction of sp³-hybridized carbons (Fsp3) is 0.450. The summed E-state index contributed by atoms with van der Waals surface area (Å²) in [6.07, 6.45) is 7.04. The molecule has 1 N–H and O–H groups in total. The van der Waals surface area contributed by atoms with Crippen LogP contribution in [0, 0.1) is 0 Å². The molecule has 7 nitrogen and oxygen atoms in total. The van der Waals surface area contributed by atoms with Gasteiger partial charge in [-0.25, -0.2) is 4.98 Å². The van der Waals surface area contributed by atoms with Crippen molar-refractivity contribution in [2.24, 2.45) is 12.0 Å². The second kappa shape index (κ2) is 9.90. The summed E-state index contributed by atoms with van der Waals surface area (Å²) in [4.78, 5) is 11.2. The number of guanidine groups is 1. The van der Waals surface area contributed by atoms with E-state index in [1.54, 1.807) is 0 Å². The topological polar surface area (TPSA) is 62.8 Å². The zero-order chi connectivity index (χ0) is 19.4. The van der Waals surface area contributed by atoms with Gasteiger partial charge in [-0.1, -0.05) is 19.9 Å². The van der Waals surface area contributed by atoms with Crippen LogP contribution in [0.25, 0.3) is 5.65 Å². The summed E-state index contributed by atoms with van der Waals surface area (Å²) in [7, 11) is 5.84. The molecule has 0 saturated carbocycles. The first kappa shape index (κ1) is 22.2. The Hall–Kier alpha value is -2.10. The van der Waals surface area contributed by atoms with Crippen molar-refractivity contribution in [2.75, 3.05) is 20.6 Å². The molecule has 0 aliphatic carbocycles. The fourth-order valence-corrected chi connectivity index (χ4v) is 3.29. The lowest BCUT2D eigenvalue weighted by Gasteiger charge is -2.22. The van der Waals surface area contributed by atoms with Crippen LogP contribution in [0.1, 0.15) is 36.7 Å². The quantitative estimate of drug-likeness (QED) is 0.325. The molecule has 0 aromatic carbocycles. The van der Waals surface area contributed by atoms with E-state index in [-0.39, 0.29) is 24.0 Å². The minimum atomic E-state index is 0. The molecule has 0 fully saturated rings. The minimum absolute atomic E-state index is 0. The lowest BCUT2D eigenvalue weighted by atomic mass is 10.1. The summed E-state index contributed by atoms with van der Waals surface area (Å²) in [5.74, 6) is 1.27. The Morgan fingerprint density at radius 2 is 2.07 bits per heavy atom. The second-order valence-electron chi connectivity index (χ2n) is 7.15. The number of aliphatic imine (C=N–C) groups is 1. The van der Waals surface area contributed by atoms with Gasteiger partial charge >= 0.3 is 0 Å². The van der Waals surface area contributed by atoms with E-state index in [2.05, 4.69) is 58.6 Å². The molecule has 0 amide bonds. The normalized spacial score (nSPS) is 11.7. The maximum absolute atomic E-state index is 4.64. The van der Waals surface area contributed by atoms with Crippen molar-refractivity contribution in [3.63, 3.8) is 0 Å². The number of nitrogens with zero attached hydrogens (tertiary/aromatic N) is 6. The van der Waals surface area contributed by atoms with Crippen LogP contribution in [-0.2, 0) is 20.0 Å². The number of hydrogen-bond donors (Lipinski definition) is 1. The Balaban J connectivity index is 0.00000280. The van der Waals surface area contributed by atoms with Crippen LogP contribution in [0.3, 0.4) is 0 Å². The van der Waals surface area contributed by atoms with Gasteiger partial charge in [0.15, 0.2) is 5.96 Å². The van der Waals surface area contributed by atoms with Crippen LogP contribution in [0.4, 0.5) is 0 Å². The van der Waals surface area contributed by atoms with Gasteiger partial charge in [0.2, 0.25) is 0 Å². The van der Waals surface area contributed by atoms with E-state index in [1.807, 2.05) is 47.6 Å². The van der Waals surface area contributed by atoms with E-state index in [9.17, 15) is 0 Å². The average Bonchev–Trinajstić information content (AvgIpc) is 3.21. The molecule has 0 unspecified atom stereocenters. The Bertz CT molecular complexity index is 893. The zero-order valence-corrected chi connectivity index (χ0v) is 19.6. The largest absolute Gasteiger partial charge is 0.356 e. The number of pyridine rings is 1.